The minimum Gasteiger partial charge on any atom is -0.368 e. The number of hydrogen-bond acceptors (Lipinski definition) is 4. The van der Waals surface area contributed by atoms with Crippen LogP contribution in [-0.2, 0) is 6.54 Å². The van der Waals surface area contributed by atoms with E-state index < -0.39 is 0 Å². The third-order valence-corrected chi connectivity index (χ3v) is 4.73. The maximum Gasteiger partial charge on any atom is 0.269 e. The van der Waals surface area contributed by atoms with Gasteiger partial charge in [0.15, 0.2) is 0 Å². The van der Waals surface area contributed by atoms with E-state index in [-0.39, 0.29) is 10.6 Å². The topological polar surface area (TPSA) is 49.6 Å². The van der Waals surface area contributed by atoms with Gasteiger partial charge in [-0.25, -0.2) is 0 Å². The quantitative estimate of drug-likeness (QED) is 0.600. The number of non-ortho nitro benzene ring substituents is 1. The molecule has 1 fully saturated rings. The Morgan fingerprint density at radius 1 is 1.00 bits per heavy atom. The first-order valence-corrected chi connectivity index (χ1v) is 8.44. The van der Waals surface area contributed by atoms with Gasteiger partial charge in [-0.05, 0) is 23.8 Å². The Kier molecular flexibility index (Phi) is 5.23. The summed E-state index contributed by atoms with van der Waals surface area (Å²) in [4.78, 5) is 14.9. The Morgan fingerprint density at radius 2 is 1.67 bits per heavy atom. The molecule has 1 aliphatic heterocycles. The van der Waals surface area contributed by atoms with Crippen molar-refractivity contribution >= 4 is 34.6 Å². The molecule has 7 heteroatoms. The molecule has 1 heterocycles. The number of nitro benzene ring substituents is 1. The monoisotopic (exact) mass is 365 g/mol. The van der Waals surface area contributed by atoms with Gasteiger partial charge in [0.05, 0.1) is 15.6 Å². The van der Waals surface area contributed by atoms with E-state index in [1.54, 1.807) is 18.2 Å². The minimum atomic E-state index is -0.378. The third-order valence-electron chi connectivity index (χ3n) is 4.17. The van der Waals surface area contributed by atoms with Crippen molar-refractivity contribution in [1.29, 1.82) is 0 Å². The van der Waals surface area contributed by atoms with E-state index in [0.717, 1.165) is 44.0 Å². The molecule has 0 spiro atoms. The maximum absolute atomic E-state index is 10.7. The van der Waals surface area contributed by atoms with Gasteiger partial charge in [-0.1, -0.05) is 35.3 Å². The highest BCUT2D eigenvalue weighted by molar-refractivity contribution is 6.35. The van der Waals surface area contributed by atoms with E-state index in [1.807, 2.05) is 24.3 Å². The van der Waals surface area contributed by atoms with E-state index >= 15 is 0 Å². The highest BCUT2D eigenvalue weighted by atomic mass is 35.5. The summed E-state index contributed by atoms with van der Waals surface area (Å²) in [6.45, 7) is 4.33. The number of nitrogens with zero attached hydrogens (tertiary/aromatic N) is 3. The molecule has 0 aromatic heterocycles. The Balaban J connectivity index is 1.59. The van der Waals surface area contributed by atoms with Crippen molar-refractivity contribution in [2.45, 2.75) is 6.54 Å². The first-order valence-electron chi connectivity index (χ1n) is 7.68. The van der Waals surface area contributed by atoms with Gasteiger partial charge >= 0.3 is 0 Å². The van der Waals surface area contributed by atoms with Gasteiger partial charge in [-0.3, -0.25) is 15.0 Å². The van der Waals surface area contributed by atoms with Gasteiger partial charge in [0.25, 0.3) is 5.69 Å². The molecule has 3 rings (SSSR count). The van der Waals surface area contributed by atoms with Crippen molar-refractivity contribution < 1.29 is 4.92 Å². The molecule has 0 unspecified atom stereocenters. The Bertz CT molecular complexity index is 729. The van der Waals surface area contributed by atoms with Crippen molar-refractivity contribution in [1.82, 2.24) is 4.90 Å². The first kappa shape index (κ1) is 17.0. The molecule has 0 aliphatic carbocycles. The minimum absolute atomic E-state index is 0.124. The molecular weight excluding hydrogens is 349 g/mol. The molecule has 0 bridgehead atoms. The lowest BCUT2D eigenvalue weighted by molar-refractivity contribution is -0.384. The number of benzene rings is 2. The predicted molar refractivity (Wildman–Crippen MR) is 97.0 cm³/mol. The van der Waals surface area contributed by atoms with Crippen LogP contribution in [0.5, 0.6) is 0 Å². The summed E-state index contributed by atoms with van der Waals surface area (Å²) in [5, 5.41) is 12.1. The lowest BCUT2D eigenvalue weighted by Crippen LogP contribution is -2.46. The second-order valence-electron chi connectivity index (χ2n) is 5.78. The molecule has 0 amide bonds. The lowest BCUT2D eigenvalue weighted by Gasteiger charge is -2.36. The molecule has 0 N–H and O–H groups in total. The van der Waals surface area contributed by atoms with Crippen LogP contribution < -0.4 is 4.90 Å². The van der Waals surface area contributed by atoms with Gasteiger partial charge in [0.2, 0.25) is 0 Å². The predicted octanol–water partition coefficient (Wildman–Crippen LogP) is 4.22. The van der Waals surface area contributed by atoms with E-state index in [4.69, 9.17) is 23.2 Å². The standard InChI is InChI=1S/C17H17Cl2N3O2/c18-14-3-6-16(19)17(11-14)21-9-7-20(8-10-21)12-13-1-4-15(5-2-13)22(23)24/h1-6,11H,7-10,12H2. The molecule has 0 radical (unpaired) electrons. The molecule has 5 nitrogen and oxygen atoms in total. The molecule has 1 saturated heterocycles. The van der Waals surface area contributed by atoms with Crippen molar-refractivity contribution in [3.63, 3.8) is 0 Å². The number of piperazine rings is 1. The van der Waals surface area contributed by atoms with Crippen molar-refractivity contribution in [3.8, 4) is 0 Å². The van der Waals surface area contributed by atoms with Crippen molar-refractivity contribution in [3.05, 3.63) is 68.2 Å². The number of hydrogen-bond donors (Lipinski definition) is 0. The van der Waals surface area contributed by atoms with Crippen LogP contribution in [0.25, 0.3) is 0 Å². The third kappa shape index (κ3) is 3.98. The average molecular weight is 366 g/mol. The number of anilines is 1. The van der Waals surface area contributed by atoms with Crippen LogP contribution in [0, 0.1) is 10.1 Å². The second-order valence-corrected chi connectivity index (χ2v) is 6.63. The number of halogens is 2. The normalized spacial score (nSPS) is 15.5. The zero-order chi connectivity index (χ0) is 17.1. The molecular formula is C17H17Cl2N3O2. The summed E-state index contributed by atoms with van der Waals surface area (Å²) in [6.07, 6.45) is 0. The van der Waals surface area contributed by atoms with Gasteiger partial charge in [-0.15, -0.1) is 0 Å². The Labute approximate surface area is 150 Å². The molecule has 0 atom stereocenters. The lowest BCUT2D eigenvalue weighted by atomic mass is 10.1. The summed E-state index contributed by atoms with van der Waals surface area (Å²) < 4.78 is 0. The van der Waals surface area contributed by atoms with Gasteiger partial charge in [-0.2, -0.15) is 0 Å². The van der Waals surface area contributed by atoms with Crippen LogP contribution >= 0.6 is 23.2 Å². The Hall–Kier alpha value is -1.82. The number of rotatable bonds is 4. The van der Waals surface area contributed by atoms with Crippen molar-refractivity contribution in [2.24, 2.45) is 0 Å². The van der Waals surface area contributed by atoms with E-state index in [2.05, 4.69) is 9.80 Å². The zero-order valence-electron chi connectivity index (χ0n) is 13.0. The molecule has 126 valence electrons. The summed E-state index contributed by atoms with van der Waals surface area (Å²) >= 11 is 12.3. The summed E-state index contributed by atoms with van der Waals surface area (Å²) in [6, 6.07) is 12.3. The van der Waals surface area contributed by atoms with Crippen LogP contribution in [0.1, 0.15) is 5.56 Å². The summed E-state index contributed by atoms with van der Waals surface area (Å²) in [5.41, 5.74) is 2.17. The largest absolute Gasteiger partial charge is 0.368 e. The fraction of sp³-hybridized carbons (Fsp3) is 0.294. The molecule has 24 heavy (non-hydrogen) atoms. The van der Waals surface area contributed by atoms with E-state index in [9.17, 15) is 10.1 Å². The molecule has 0 saturated carbocycles. The maximum atomic E-state index is 10.7. The SMILES string of the molecule is O=[N+]([O-])c1ccc(CN2CCN(c3cc(Cl)ccc3Cl)CC2)cc1. The summed E-state index contributed by atoms with van der Waals surface area (Å²) in [7, 11) is 0. The van der Waals surface area contributed by atoms with Crippen LogP contribution in [-0.4, -0.2) is 36.0 Å². The highest BCUT2D eigenvalue weighted by Crippen LogP contribution is 2.29. The van der Waals surface area contributed by atoms with Crippen LogP contribution in [0.2, 0.25) is 10.0 Å². The molecule has 1 aliphatic rings. The van der Waals surface area contributed by atoms with Crippen molar-refractivity contribution in [2.75, 3.05) is 31.1 Å². The number of nitro groups is 1. The zero-order valence-corrected chi connectivity index (χ0v) is 14.5. The average Bonchev–Trinajstić information content (AvgIpc) is 2.58. The second kappa shape index (κ2) is 7.38. The first-order chi connectivity index (χ1) is 11.5. The molecule has 2 aromatic carbocycles. The van der Waals surface area contributed by atoms with Gasteiger partial charge < -0.3 is 4.90 Å². The van der Waals surface area contributed by atoms with E-state index in [0.29, 0.717) is 10.0 Å². The van der Waals surface area contributed by atoms with Gasteiger partial charge in [0, 0.05) is 49.9 Å². The van der Waals surface area contributed by atoms with Crippen LogP contribution in [0.4, 0.5) is 11.4 Å². The fourth-order valence-corrected chi connectivity index (χ4v) is 3.26. The summed E-state index contributed by atoms with van der Waals surface area (Å²) in [5.74, 6) is 0. The van der Waals surface area contributed by atoms with Crippen LogP contribution in [0.15, 0.2) is 42.5 Å². The van der Waals surface area contributed by atoms with E-state index in [1.165, 1.54) is 0 Å². The highest BCUT2D eigenvalue weighted by Gasteiger charge is 2.19. The Morgan fingerprint density at radius 3 is 2.29 bits per heavy atom. The molecule has 2 aromatic rings. The van der Waals surface area contributed by atoms with Crippen LogP contribution in [0.3, 0.4) is 0 Å². The van der Waals surface area contributed by atoms with Gasteiger partial charge in [0.1, 0.15) is 0 Å². The smallest absolute Gasteiger partial charge is 0.269 e. The fourth-order valence-electron chi connectivity index (χ4n) is 2.86.